The van der Waals surface area contributed by atoms with Crippen molar-refractivity contribution in [1.29, 1.82) is 0 Å². The molecule has 0 fully saturated rings. The van der Waals surface area contributed by atoms with Crippen molar-refractivity contribution in [3.05, 3.63) is 35.9 Å². The third-order valence-corrected chi connectivity index (χ3v) is 5.82. The highest BCUT2D eigenvalue weighted by Gasteiger charge is 2.33. The van der Waals surface area contributed by atoms with Gasteiger partial charge in [-0.1, -0.05) is 44.2 Å². The number of carbonyl (C=O) groups is 4. The number of hydrogen-bond donors (Lipinski definition) is 6. The minimum Gasteiger partial charge on any atom is -0.480 e. The number of carbonyl (C=O) groups excluding carboxylic acids is 3. The lowest BCUT2D eigenvalue weighted by Gasteiger charge is -2.27. The molecule has 0 spiro atoms. The zero-order valence-electron chi connectivity index (χ0n) is 20.0. The Morgan fingerprint density at radius 3 is 2.03 bits per heavy atom. The third kappa shape index (κ3) is 9.70. The van der Waals surface area contributed by atoms with E-state index in [1.807, 2.05) is 6.26 Å². The van der Waals surface area contributed by atoms with Gasteiger partial charge in [0.2, 0.25) is 17.7 Å². The molecule has 0 aliphatic heterocycles. The molecule has 0 saturated heterocycles. The van der Waals surface area contributed by atoms with Crippen molar-refractivity contribution < 1.29 is 29.4 Å². The van der Waals surface area contributed by atoms with Crippen LogP contribution >= 0.6 is 11.8 Å². The van der Waals surface area contributed by atoms with Gasteiger partial charge in [0, 0.05) is 6.42 Å². The Kier molecular flexibility index (Phi) is 12.6. The number of aliphatic hydroxyl groups excluding tert-OH is 1. The summed E-state index contributed by atoms with van der Waals surface area (Å²) in [6, 6.07) is 4.47. The molecule has 5 unspecified atom stereocenters. The van der Waals surface area contributed by atoms with Crippen molar-refractivity contribution in [2.75, 3.05) is 12.0 Å². The van der Waals surface area contributed by atoms with Crippen LogP contribution in [0.25, 0.3) is 0 Å². The quantitative estimate of drug-likeness (QED) is 0.207. The van der Waals surface area contributed by atoms with Crippen LogP contribution in [0.2, 0.25) is 0 Å². The average molecular weight is 497 g/mol. The van der Waals surface area contributed by atoms with Gasteiger partial charge in [-0.05, 0) is 36.8 Å². The second-order valence-electron chi connectivity index (χ2n) is 8.43. The van der Waals surface area contributed by atoms with Gasteiger partial charge in [0.15, 0.2) is 6.04 Å². The number of rotatable bonds is 14. The minimum atomic E-state index is -1.54. The summed E-state index contributed by atoms with van der Waals surface area (Å²) in [4.78, 5) is 49.9. The van der Waals surface area contributed by atoms with Gasteiger partial charge in [0.1, 0.15) is 12.1 Å². The molecule has 0 aliphatic rings. The van der Waals surface area contributed by atoms with E-state index in [2.05, 4.69) is 16.0 Å². The van der Waals surface area contributed by atoms with E-state index in [1.54, 1.807) is 55.9 Å². The van der Waals surface area contributed by atoms with Crippen LogP contribution in [0.1, 0.15) is 32.8 Å². The monoisotopic (exact) mass is 496 g/mol. The van der Waals surface area contributed by atoms with E-state index in [-0.39, 0.29) is 12.3 Å². The highest BCUT2D eigenvalue weighted by atomic mass is 32.2. The molecular weight excluding hydrogens is 460 g/mol. The number of hydrogen-bond acceptors (Lipinski definition) is 7. The molecule has 0 aliphatic carbocycles. The van der Waals surface area contributed by atoms with Gasteiger partial charge < -0.3 is 31.9 Å². The molecule has 0 aromatic heterocycles. The number of aliphatic carboxylic acids is 1. The van der Waals surface area contributed by atoms with Crippen LogP contribution in [-0.4, -0.2) is 76.2 Å². The van der Waals surface area contributed by atoms with Crippen LogP contribution in [0, 0.1) is 5.92 Å². The fraction of sp³-hybridized carbons (Fsp3) is 0.565. The summed E-state index contributed by atoms with van der Waals surface area (Å²) in [6.07, 6.45) is 1.09. The van der Waals surface area contributed by atoms with Crippen molar-refractivity contribution in [3.63, 3.8) is 0 Å². The van der Waals surface area contributed by atoms with E-state index < -0.39 is 54.0 Å². The van der Waals surface area contributed by atoms with E-state index >= 15 is 0 Å². The van der Waals surface area contributed by atoms with Crippen molar-refractivity contribution in [1.82, 2.24) is 16.0 Å². The van der Waals surface area contributed by atoms with E-state index in [0.717, 1.165) is 5.56 Å². The van der Waals surface area contributed by atoms with Crippen molar-refractivity contribution in [2.24, 2.45) is 11.7 Å². The Labute approximate surface area is 204 Å². The Balaban J connectivity index is 3.06. The van der Waals surface area contributed by atoms with Crippen molar-refractivity contribution in [3.8, 4) is 0 Å². The first kappa shape index (κ1) is 29.4. The minimum absolute atomic E-state index is 0.0799. The van der Waals surface area contributed by atoms with Gasteiger partial charge in [0.25, 0.3) is 0 Å². The normalized spacial score (nSPS) is 15.5. The number of carboxylic acids is 1. The molecule has 34 heavy (non-hydrogen) atoms. The Bertz CT molecular complexity index is 821. The van der Waals surface area contributed by atoms with Gasteiger partial charge in [-0.2, -0.15) is 11.8 Å². The topological polar surface area (TPSA) is 171 Å². The highest BCUT2D eigenvalue weighted by molar-refractivity contribution is 7.98. The summed E-state index contributed by atoms with van der Waals surface area (Å²) in [7, 11) is 0. The maximum atomic E-state index is 13.1. The summed E-state index contributed by atoms with van der Waals surface area (Å²) < 4.78 is 0. The molecule has 10 nitrogen and oxygen atoms in total. The molecule has 1 rings (SSSR count). The molecule has 1 aromatic rings. The molecule has 3 amide bonds. The molecule has 11 heteroatoms. The van der Waals surface area contributed by atoms with Crippen LogP contribution in [0.15, 0.2) is 30.3 Å². The number of thioether (sulfide) groups is 1. The molecule has 5 atom stereocenters. The van der Waals surface area contributed by atoms with E-state index in [1.165, 1.54) is 6.92 Å². The summed E-state index contributed by atoms with van der Waals surface area (Å²) in [5.41, 5.74) is 6.65. The second-order valence-corrected chi connectivity index (χ2v) is 9.42. The third-order valence-electron chi connectivity index (χ3n) is 5.18. The molecule has 0 radical (unpaired) electrons. The number of nitrogens with two attached hydrogens (primary N) is 1. The average Bonchev–Trinajstić information content (AvgIpc) is 2.78. The van der Waals surface area contributed by atoms with Crippen LogP contribution < -0.4 is 21.7 Å². The van der Waals surface area contributed by atoms with Crippen LogP contribution in [0.3, 0.4) is 0 Å². The Morgan fingerprint density at radius 2 is 1.53 bits per heavy atom. The van der Waals surface area contributed by atoms with Gasteiger partial charge in [-0.15, -0.1) is 0 Å². The standard InChI is InChI=1S/C23H36N4O6S/c1-13(2)18(26-20(29)16(24)10-11-34-4)22(31)25-17(12-15-8-6-5-7-9-15)21(30)27-19(14(3)28)23(32)33/h5-9,13-14,16-19,28H,10-12,24H2,1-4H3,(H,25,31)(H,26,29)(H,27,30)(H,32,33). The molecule has 0 heterocycles. The summed E-state index contributed by atoms with van der Waals surface area (Å²) in [6.45, 7) is 4.74. The van der Waals surface area contributed by atoms with Gasteiger partial charge >= 0.3 is 5.97 Å². The lowest BCUT2D eigenvalue weighted by molar-refractivity contribution is -0.145. The molecular formula is C23H36N4O6S. The summed E-state index contributed by atoms with van der Waals surface area (Å²) in [5.74, 6) is -2.84. The van der Waals surface area contributed by atoms with Gasteiger partial charge in [0.05, 0.1) is 12.1 Å². The maximum absolute atomic E-state index is 13.1. The largest absolute Gasteiger partial charge is 0.480 e. The van der Waals surface area contributed by atoms with E-state index in [9.17, 15) is 29.4 Å². The molecule has 1 aromatic carbocycles. The number of carboxylic acid groups (broad SMARTS) is 1. The smallest absolute Gasteiger partial charge is 0.328 e. The lowest BCUT2D eigenvalue weighted by Crippen LogP contribution is -2.59. The Hall–Kier alpha value is -2.63. The molecule has 7 N–H and O–H groups in total. The summed E-state index contributed by atoms with van der Waals surface area (Å²) >= 11 is 1.56. The first-order valence-electron chi connectivity index (χ1n) is 11.1. The van der Waals surface area contributed by atoms with Crippen LogP contribution in [-0.2, 0) is 25.6 Å². The van der Waals surface area contributed by atoms with Gasteiger partial charge in [-0.25, -0.2) is 4.79 Å². The van der Waals surface area contributed by atoms with Crippen LogP contribution in [0.5, 0.6) is 0 Å². The highest BCUT2D eigenvalue weighted by Crippen LogP contribution is 2.08. The number of amides is 3. The fourth-order valence-electron chi connectivity index (χ4n) is 3.13. The summed E-state index contributed by atoms with van der Waals surface area (Å²) in [5, 5.41) is 26.6. The number of benzene rings is 1. The first-order chi connectivity index (χ1) is 16.0. The van der Waals surface area contributed by atoms with Crippen LogP contribution in [0.4, 0.5) is 0 Å². The zero-order valence-corrected chi connectivity index (χ0v) is 20.8. The maximum Gasteiger partial charge on any atom is 0.328 e. The van der Waals surface area contributed by atoms with E-state index in [4.69, 9.17) is 5.73 Å². The first-order valence-corrected chi connectivity index (χ1v) is 12.5. The Morgan fingerprint density at radius 1 is 0.941 bits per heavy atom. The predicted octanol–water partition coefficient (Wildman–Crippen LogP) is -0.115. The van der Waals surface area contributed by atoms with Crippen molar-refractivity contribution in [2.45, 2.75) is 63.9 Å². The van der Waals surface area contributed by atoms with Crippen molar-refractivity contribution >= 4 is 35.5 Å². The van der Waals surface area contributed by atoms with Gasteiger partial charge in [-0.3, -0.25) is 14.4 Å². The number of aliphatic hydroxyl groups is 1. The SMILES string of the molecule is CSCCC(N)C(=O)NC(C(=O)NC(Cc1ccccc1)C(=O)NC(C(=O)O)C(C)O)C(C)C. The lowest BCUT2D eigenvalue weighted by atomic mass is 10.00. The fourth-order valence-corrected chi connectivity index (χ4v) is 3.62. The second kappa shape index (κ2) is 14.6. The number of nitrogens with one attached hydrogen (secondary N) is 3. The molecule has 0 bridgehead atoms. The zero-order chi connectivity index (χ0) is 25.8. The van der Waals surface area contributed by atoms with E-state index in [0.29, 0.717) is 12.2 Å². The molecule has 190 valence electrons. The predicted molar refractivity (Wildman–Crippen MR) is 131 cm³/mol. The molecule has 0 saturated carbocycles.